The van der Waals surface area contributed by atoms with Crippen molar-refractivity contribution in [2.45, 2.75) is 0 Å². The molecule has 0 N–H and O–H groups in total. The van der Waals surface area contributed by atoms with Gasteiger partial charge in [0.25, 0.3) is 5.91 Å². The second-order valence-corrected chi connectivity index (χ2v) is 7.39. The first-order valence-corrected chi connectivity index (χ1v) is 10.1. The highest BCUT2D eigenvalue weighted by Crippen LogP contribution is 2.28. The molecule has 5 rings (SSSR count). The van der Waals surface area contributed by atoms with Crippen molar-refractivity contribution in [3.05, 3.63) is 109 Å². The molecule has 32 heavy (non-hydrogen) atoms. The number of benzene rings is 3. The lowest BCUT2D eigenvalue weighted by atomic mass is 10.0. The summed E-state index contributed by atoms with van der Waals surface area (Å²) in [6, 6.07) is 25.5. The molecule has 0 unspecified atom stereocenters. The van der Waals surface area contributed by atoms with Crippen LogP contribution in [0, 0.1) is 5.82 Å². The maximum absolute atomic E-state index is 13.7. The Balaban J connectivity index is 1.59. The van der Waals surface area contributed by atoms with Crippen molar-refractivity contribution in [1.82, 2.24) is 14.4 Å². The molecule has 0 aliphatic heterocycles. The number of halogens is 1. The van der Waals surface area contributed by atoms with E-state index in [9.17, 15) is 9.18 Å². The molecule has 6 heteroatoms. The highest BCUT2D eigenvalue weighted by atomic mass is 19.1. The van der Waals surface area contributed by atoms with Crippen LogP contribution in [-0.4, -0.2) is 27.3 Å². The quantitative estimate of drug-likeness (QED) is 0.385. The van der Waals surface area contributed by atoms with Crippen LogP contribution in [0.25, 0.3) is 28.2 Å². The van der Waals surface area contributed by atoms with Gasteiger partial charge in [-0.25, -0.2) is 14.4 Å². The smallest absolute Gasteiger partial charge is 0.277 e. The van der Waals surface area contributed by atoms with E-state index < -0.39 is 0 Å². The molecule has 1 amide bonds. The van der Waals surface area contributed by atoms with Gasteiger partial charge in [-0.3, -0.25) is 9.20 Å². The van der Waals surface area contributed by atoms with E-state index in [2.05, 4.69) is 9.97 Å². The summed E-state index contributed by atoms with van der Waals surface area (Å²) in [7, 11) is 1.73. The summed E-state index contributed by atoms with van der Waals surface area (Å²) in [4.78, 5) is 24.1. The Morgan fingerprint density at radius 2 is 1.62 bits per heavy atom. The van der Waals surface area contributed by atoms with Crippen molar-refractivity contribution in [2.75, 3.05) is 11.9 Å². The van der Waals surface area contributed by atoms with Gasteiger partial charge in [0.05, 0.1) is 0 Å². The predicted octanol–water partition coefficient (Wildman–Crippen LogP) is 5.48. The molecule has 0 radical (unpaired) electrons. The molecule has 0 aliphatic carbocycles. The van der Waals surface area contributed by atoms with Gasteiger partial charge in [0.15, 0.2) is 0 Å². The van der Waals surface area contributed by atoms with Crippen molar-refractivity contribution in [3.63, 3.8) is 0 Å². The number of hydrogen-bond donors (Lipinski definition) is 0. The van der Waals surface area contributed by atoms with Gasteiger partial charge in [0, 0.05) is 30.7 Å². The summed E-state index contributed by atoms with van der Waals surface area (Å²) in [5.41, 5.74) is 4.31. The topological polar surface area (TPSA) is 50.5 Å². The minimum Gasteiger partial charge on any atom is -0.310 e. The van der Waals surface area contributed by atoms with Gasteiger partial charge in [-0.15, -0.1) is 0 Å². The van der Waals surface area contributed by atoms with Crippen LogP contribution in [0.5, 0.6) is 0 Å². The van der Waals surface area contributed by atoms with E-state index in [4.69, 9.17) is 0 Å². The van der Waals surface area contributed by atoms with E-state index in [-0.39, 0.29) is 11.7 Å². The number of imidazole rings is 1. The predicted molar refractivity (Wildman–Crippen MR) is 123 cm³/mol. The molecule has 0 fully saturated rings. The lowest BCUT2D eigenvalue weighted by molar-refractivity contribution is 0.0988. The number of aromatic nitrogens is 3. The molecule has 0 saturated heterocycles. The minimum absolute atomic E-state index is 0.241. The highest BCUT2D eigenvalue weighted by Gasteiger charge is 2.25. The molecule has 0 atom stereocenters. The maximum atomic E-state index is 13.7. The average Bonchev–Trinajstić information content (AvgIpc) is 3.24. The Labute approximate surface area is 184 Å². The van der Waals surface area contributed by atoms with Gasteiger partial charge >= 0.3 is 0 Å². The van der Waals surface area contributed by atoms with E-state index in [0.717, 1.165) is 16.8 Å². The van der Waals surface area contributed by atoms with Crippen molar-refractivity contribution < 1.29 is 9.18 Å². The SMILES string of the molecule is CN(C(=O)c1c(-c2ccc(F)cc2)nc2ncccn12)c1cccc(-c2ccccc2)c1. The Morgan fingerprint density at radius 3 is 2.41 bits per heavy atom. The van der Waals surface area contributed by atoms with E-state index in [0.29, 0.717) is 22.7 Å². The van der Waals surface area contributed by atoms with Crippen LogP contribution < -0.4 is 4.90 Å². The Bertz CT molecular complexity index is 1410. The first-order chi connectivity index (χ1) is 15.6. The second-order valence-electron chi connectivity index (χ2n) is 7.39. The number of amides is 1. The van der Waals surface area contributed by atoms with Gasteiger partial charge < -0.3 is 4.90 Å². The number of nitrogens with zero attached hydrogens (tertiary/aromatic N) is 4. The third kappa shape index (κ3) is 3.52. The van der Waals surface area contributed by atoms with Gasteiger partial charge in [0.2, 0.25) is 5.78 Å². The van der Waals surface area contributed by atoms with Crippen LogP contribution in [0.1, 0.15) is 10.5 Å². The summed E-state index contributed by atoms with van der Waals surface area (Å²) >= 11 is 0. The average molecular weight is 422 g/mol. The fourth-order valence-corrected chi connectivity index (χ4v) is 3.70. The Hall–Kier alpha value is -4.32. The zero-order valence-electron chi connectivity index (χ0n) is 17.3. The number of anilines is 1. The molecular formula is C26H19FN4O. The third-order valence-electron chi connectivity index (χ3n) is 5.37. The van der Waals surface area contributed by atoms with Crippen molar-refractivity contribution >= 4 is 17.4 Å². The van der Waals surface area contributed by atoms with Gasteiger partial charge in [-0.2, -0.15) is 0 Å². The standard InChI is InChI=1S/C26H19FN4O/c1-30(22-10-5-9-20(17-22)18-7-3-2-4-8-18)25(32)24-23(19-11-13-21(27)14-12-19)29-26-28-15-6-16-31(24)26/h2-17H,1H3. The molecule has 0 aliphatic rings. The lowest BCUT2D eigenvalue weighted by Crippen LogP contribution is -2.28. The zero-order chi connectivity index (χ0) is 22.1. The van der Waals surface area contributed by atoms with Crippen LogP contribution >= 0.6 is 0 Å². The van der Waals surface area contributed by atoms with E-state index in [1.165, 1.54) is 12.1 Å². The Morgan fingerprint density at radius 1 is 0.875 bits per heavy atom. The largest absolute Gasteiger partial charge is 0.310 e. The van der Waals surface area contributed by atoms with E-state index in [1.54, 1.807) is 46.9 Å². The number of fused-ring (bicyclic) bond motifs is 1. The molecule has 5 aromatic rings. The van der Waals surface area contributed by atoms with Crippen LogP contribution in [0.2, 0.25) is 0 Å². The number of rotatable bonds is 4. The summed E-state index contributed by atoms with van der Waals surface area (Å²) in [5, 5.41) is 0. The van der Waals surface area contributed by atoms with Crippen molar-refractivity contribution in [2.24, 2.45) is 0 Å². The molecule has 2 aromatic heterocycles. The highest BCUT2D eigenvalue weighted by molar-refractivity contribution is 6.09. The first-order valence-electron chi connectivity index (χ1n) is 10.1. The van der Waals surface area contributed by atoms with Crippen LogP contribution in [0.4, 0.5) is 10.1 Å². The fraction of sp³-hybridized carbons (Fsp3) is 0.0385. The number of carbonyl (C=O) groups is 1. The molecule has 0 saturated carbocycles. The zero-order valence-corrected chi connectivity index (χ0v) is 17.3. The number of carbonyl (C=O) groups excluding carboxylic acids is 1. The van der Waals surface area contributed by atoms with Gasteiger partial charge in [-0.05, 0) is 53.6 Å². The lowest BCUT2D eigenvalue weighted by Gasteiger charge is -2.19. The first kappa shape index (κ1) is 19.6. The van der Waals surface area contributed by atoms with Crippen LogP contribution in [-0.2, 0) is 0 Å². The summed E-state index contributed by atoms with van der Waals surface area (Å²) in [6.45, 7) is 0. The summed E-state index contributed by atoms with van der Waals surface area (Å²) in [6.07, 6.45) is 3.38. The molecule has 156 valence electrons. The van der Waals surface area contributed by atoms with E-state index in [1.807, 2.05) is 54.6 Å². The van der Waals surface area contributed by atoms with Gasteiger partial charge in [0.1, 0.15) is 17.2 Å². The number of hydrogen-bond acceptors (Lipinski definition) is 3. The maximum Gasteiger partial charge on any atom is 0.277 e. The van der Waals surface area contributed by atoms with Crippen LogP contribution in [0.15, 0.2) is 97.3 Å². The summed E-state index contributed by atoms with van der Waals surface area (Å²) in [5.74, 6) is -0.185. The fourth-order valence-electron chi connectivity index (χ4n) is 3.70. The normalized spacial score (nSPS) is 10.9. The molecule has 5 nitrogen and oxygen atoms in total. The van der Waals surface area contributed by atoms with Crippen LogP contribution in [0.3, 0.4) is 0 Å². The monoisotopic (exact) mass is 422 g/mol. The molecule has 0 bridgehead atoms. The third-order valence-corrected chi connectivity index (χ3v) is 5.37. The molecule has 3 aromatic carbocycles. The second kappa shape index (κ2) is 8.07. The molecule has 0 spiro atoms. The summed E-state index contributed by atoms with van der Waals surface area (Å²) < 4.78 is 15.1. The minimum atomic E-state index is -0.349. The van der Waals surface area contributed by atoms with E-state index >= 15 is 0 Å². The molecule has 2 heterocycles. The van der Waals surface area contributed by atoms with Crippen molar-refractivity contribution in [3.8, 4) is 22.4 Å². The van der Waals surface area contributed by atoms with Crippen molar-refractivity contribution in [1.29, 1.82) is 0 Å². The molecular weight excluding hydrogens is 403 g/mol. The Kier molecular flexibility index (Phi) is 4.95. The van der Waals surface area contributed by atoms with Gasteiger partial charge in [-0.1, -0.05) is 42.5 Å².